The van der Waals surface area contributed by atoms with Crippen LogP contribution in [0.15, 0.2) is 18.2 Å². The van der Waals surface area contributed by atoms with E-state index in [1.807, 2.05) is 26.0 Å². The van der Waals surface area contributed by atoms with Crippen LogP contribution in [0.2, 0.25) is 0 Å². The van der Waals surface area contributed by atoms with Crippen LogP contribution in [0.3, 0.4) is 0 Å². The molecule has 1 atom stereocenters. The molecule has 0 aliphatic heterocycles. The van der Waals surface area contributed by atoms with Crippen molar-refractivity contribution in [3.8, 4) is 0 Å². The minimum Gasteiger partial charge on any atom is -0.330 e. The molecule has 1 aromatic rings. The van der Waals surface area contributed by atoms with Gasteiger partial charge in [-0.05, 0) is 44.4 Å². The van der Waals surface area contributed by atoms with Gasteiger partial charge in [0.15, 0.2) is 0 Å². The van der Waals surface area contributed by atoms with E-state index in [0.717, 1.165) is 24.1 Å². The number of benzene rings is 1. The van der Waals surface area contributed by atoms with E-state index in [1.165, 1.54) is 5.56 Å². The third-order valence-electron chi connectivity index (χ3n) is 3.35. The number of anilines is 1. The second kappa shape index (κ2) is 7.17. The fourth-order valence-corrected chi connectivity index (χ4v) is 1.99. The zero-order chi connectivity index (χ0) is 13.5. The Hall–Kier alpha value is -1.35. The Kier molecular flexibility index (Phi) is 5.86. The lowest BCUT2D eigenvalue weighted by atomic mass is 10.0. The normalized spacial score (nSPS) is 12.2. The third kappa shape index (κ3) is 4.49. The minimum absolute atomic E-state index is 0.0776. The smallest absolute Gasteiger partial charge is 0.224 e. The second-order valence-corrected chi connectivity index (χ2v) is 4.92. The number of hydrogen-bond donors (Lipinski definition) is 2. The standard InChI is InChI=1S/C15H24N2O/c1-4-13(10-16)6-8-15(18)17-14-7-5-11(2)9-12(14)3/h5,7,9,13H,4,6,8,10,16H2,1-3H3,(H,17,18). The second-order valence-electron chi connectivity index (χ2n) is 4.92. The van der Waals surface area contributed by atoms with E-state index in [9.17, 15) is 4.79 Å². The molecule has 1 aromatic carbocycles. The zero-order valence-corrected chi connectivity index (χ0v) is 11.6. The predicted molar refractivity (Wildman–Crippen MR) is 76.6 cm³/mol. The summed E-state index contributed by atoms with van der Waals surface area (Å²) in [5, 5.41) is 2.96. The first kappa shape index (κ1) is 14.7. The van der Waals surface area contributed by atoms with Crippen LogP contribution < -0.4 is 11.1 Å². The van der Waals surface area contributed by atoms with Gasteiger partial charge in [-0.1, -0.05) is 31.0 Å². The Balaban J connectivity index is 2.49. The highest BCUT2D eigenvalue weighted by Gasteiger charge is 2.09. The van der Waals surface area contributed by atoms with Crippen LogP contribution in [0.4, 0.5) is 5.69 Å². The molecule has 0 saturated heterocycles. The van der Waals surface area contributed by atoms with E-state index in [1.54, 1.807) is 0 Å². The quantitative estimate of drug-likeness (QED) is 0.813. The van der Waals surface area contributed by atoms with Gasteiger partial charge in [-0.15, -0.1) is 0 Å². The maximum atomic E-state index is 11.8. The summed E-state index contributed by atoms with van der Waals surface area (Å²) in [4.78, 5) is 11.8. The van der Waals surface area contributed by atoms with Crippen LogP contribution in [0.25, 0.3) is 0 Å². The van der Waals surface area contributed by atoms with Crippen molar-refractivity contribution < 1.29 is 4.79 Å². The van der Waals surface area contributed by atoms with Crippen molar-refractivity contribution in [1.82, 2.24) is 0 Å². The maximum Gasteiger partial charge on any atom is 0.224 e. The summed E-state index contributed by atoms with van der Waals surface area (Å²) in [5.74, 6) is 0.531. The van der Waals surface area contributed by atoms with Gasteiger partial charge in [0.1, 0.15) is 0 Å². The molecule has 0 spiro atoms. The van der Waals surface area contributed by atoms with Gasteiger partial charge >= 0.3 is 0 Å². The molecule has 0 fully saturated rings. The van der Waals surface area contributed by atoms with Crippen molar-refractivity contribution in [3.63, 3.8) is 0 Å². The highest BCUT2D eigenvalue weighted by Crippen LogP contribution is 2.17. The van der Waals surface area contributed by atoms with Gasteiger partial charge in [-0.3, -0.25) is 4.79 Å². The van der Waals surface area contributed by atoms with Gasteiger partial charge in [0.2, 0.25) is 5.91 Å². The maximum absolute atomic E-state index is 11.8. The van der Waals surface area contributed by atoms with Crippen LogP contribution in [0.5, 0.6) is 0 Å². The summed E-state index contributed by atoms with van der Waals surface area (Å²) in [7, 11) is 0. The molecule has 0 aliphatic carbocycles. The van der Waals surface area contributed by atoms with E-state index in [-0.39, 0.29) is 5.91 Å². The summed E-state index contributed by atoms with van der Waals surface area (Å²) in [6, 6.07) is 6.05. The number of carbonyl (C=O) groups is 1. The Morgan fingerprint density at radius 2 is 2.11 bits per heavy atom. The molecular formula is C15H24N2O. The van der Waals surface area contributed by atoms with E-state index < -0.39 is 0 Å². The number of aryl methyl sites for hydroxylation is 2. The highest BCUT2D eigenvalue weighted by molar-refractivity contribution is 5.91. The largest absolute Gasteiger partial charge is 0.330 e. The van der Waals surface area contributed by atoms with Crippen LogP contribution >= 0.6 is 0 Å². The van der Waals surface area contributed by atoms with Gasteiger partial charge in [0, 0.05) is 12.1 Å². The highest BCUT2D eigenvalue weighted by atomic mass is 16.1. The molecule has 100 valence electrons. The van der Waals surface area contributed by atoms with E-state index in [4.69, 9.17) is 5.73 Å². The summed E-state index contributed by atoms with van der Waals surface area (Å²) >= 11 is 0. The molecule has 0 radical (unpaired) electrons. The average molecular weight is 248 g/mol. The van der Waals surface area contributed by atoms with Gasteiger partial charge in [0.05, 0.1) is 0 Å². The fraction of sp³-hybridized carbons (Fsp3) is 0.533. The van der Waals surface area contributed by atoms with Crippen LogP contribution in [0, 0.1) is 19.8 Å². The topological polar surface area (TPSA) is 55.1 Å². The Morgan fingerprint density at radius 3 is 2.67 bits per heavy atom. The van der Waals surface area contributed by atoms with Crippen molar-refractivity contribution in [2.45, 2.75) is 40.0 Å². The molecule has 1 rings (SSSR count). The Labute approximate surface area is 110 Å². The fourth-order valence-electron chi connectivity index (χ4n) is 1.99. The summed E-state index contributed by atoms with van der Waals surface area (Å²) in [6.07, 6.45) is 2.44. The molecule has 3 heteroatoms. The van der Waals surface area contributed by atoms with Crippen molar-refractivity contribution in [2.75, 3.05) is 11.9 Å². The van der Waals surface area contributed by atoms with Crippen molar-refractivity contribution in [2.24, 2.45) is 11.7 Å². The number of nitrogens with one attached hydrogen (secondary N) is 1. The number of amides is 1. The predicted octanol–water partition coefficient (Wildman–Crippen LogP) is 3.01. The first-order chi connectivity index (χ1) is 8.56. The molecule has 0 saturated carbocycles. The molecule has 0 bridgehead atoms. The lowest BCUT2D eigenvalue weighted by Crippen LogP contribution is -2.18. The Bertz CT molecular complexity index is 397. The third-order valence-corrected chi connectivity index (χ3v) is 3.35. The summed E-state index contributed by atoms with van der Waals surface area (Å²) in [6.45, 7) is 6.83. The van der Waals surface area contributed by atoms with E-state index >= 15 is 0 Å². The number of hydrogen-bond acceptors (Lipinski definition) is 2. The van der Waals surface area contributed by atoms with Crippen LogP contribution in [0.1, 0.15) is 37.3 Å². The SMILES string of the molecule is CCC(CN)CCC(=O)Nc1ccc(C)cc1C. The van der Waals surface area contributed by atoms with Crippen molar-refractivity contribution in [3.05, 3.63) is 29.3 Å². The molecule has 1 amide bonds. The van der Waals surface area contributed by atoms with Crippen molar-refractivity contribution in [1.29, 1.82) is 0 Å². The first-order valence-corrected chi connectivity index (χ1v) is 6.64. The van der Waals surface area contributed by atoms with Crippen LogP contribution in [-0.4, -0.2) is 12.5 Å². The van der Waals surface area contributed by atoms with E-state index in [2.05, 4.69) is 18.3 Å². The molecular weight excluding hydrogens is 224 g/mol. The van der Waals surface area contributed by atoms with Crippen molar-refractivity contribution >= 4 is 11.6 Å². The molecule has 0 heterocycles. The van der Waals surface area contributed by atoms with Crippen LogP contribution in [-0.2, 0) is 4.79 Å². The molecule has 18 heavy (non-hydrogen) atoms. The number of nitrogens with two attached hydrogens (primary N) is 1. The van der Waals surface area contributed by atoms with Gasteiger partial charge in [-0.25, -0.2) is 0 Å². The van der Waals surface area contributed by atoms with Gasteiger partial charge < -0.3 is 11.1 Å². The molecule has 0 aliphatic rings. The van der Waals surface area contributed by atoms with Gasteiger partial charge in [-0.2, -0.15) is 0 Å². The summed E-state index contributed by atoms with van der Waals surface area (Å²) in [5.41, 5.74) is 8.85. The Morgan fingerprint density at radius 1 is 1.39 bits per heavy atom. The molecule has 0 aromatic heterocycles. The number of carbonyl (C=O) groups excluding carboxylic acids is 1. The first-order valence-electron chi connectivity index (χ1n) is 6.64. The van der Waals surface area contributed by atoms with E-state index in [0.29, 0.717) is 18.9 Å². The molecule has 1 unspecified atom stereocenters. The summed E-state index contributed by atoms with van der Waals surface area (Å²) < 4.78 is 0. The average Bonchev–Trinajstić information content (AvgIpc) is 2.34. The molecule has 3 nitrogen and oxygen atoms in total. The number of rotatable bonds is 6. The zero-order valence-electron chi connectivity index (χ0n) is 11.6. The van der Waals surface area contributed by atoms with Gasteiger partial charge in [0.25, 0.3) is 0 Å². The molecule has 3 N–H and O–H groups in total. The monoisotopic (exact) mass is 248 g/mol. The minimum atomic E-state index is 0.0776. The lowest BCUT2D eigenvalue weighted by molar-refractivity contribution is -0.116. The lowest BCUT2D eigenvalue weighted by Gasteiger charge is -2.12.